The van der Waals surface area contributed by atoms with Gasteiger partial charge in [-0.2, -0.15) is 5.26 Å². The van der Waals surface area contributed by atoms with Crippen LogP contribution in [0.4, 0.5) is 5.69 Å². The molecule has 0 spiro atoms. The van der Waals surface area contributed by atoms with E-state index in [1.54, 1.807) is 24.3 Å². The first-order valence-electron chi connectivity index (χ1n) is 9.99. The Labute approximate surface area is 166 Å². The van der Waals surface area contributed by atoms with Gasteiger partial charge in [0.1, 0.15) is 0 Å². The summed E-state index contributed by atoms with van der Waals surface area (Å²) >= 11 is 0. The van der Waals surface area contributed by atoms with E-state index in [9.17, 15) is 4.79 Å². The molecule has 0 radical (unpaired) electrons. The Hall–Kier alpha value is -2.84. The number of hydrogen-bond donors (Lipinski definition) is 1. The van der Waals surface area contributed by atoms with Crippen molar-refractivity contribution in [3.05, 3.63) is 64.7 Å². The Morgan fingerprint density at radius 2 is 1.86 bits per heavy atom. The second-order valence-corrected chi connectivity index (χ2v) is 7.81. The number of fused-ring (bicyclic) bond motifs is 1. The maximum absolute atomic E-state index is 12.6. The van der Waals surface area contributed by atoms with E-state index >= 15 is 0 Å². The van der Waals surface area contributed by atoms with Crippen molar-refractivity contribution >= 4 is 11.6 Å². The van der Waals surface area contributed by atoms with E-state index in [0.29, 0.717) is 11.1 Å². The van der Waals surface area contributed by atoms with Gasteiger partial charge >= 0.3 is 0 Å². The van der Waals surface area contributed by atoms with E-state index in [0.717, 1.165) is 45.4 Å². The van der Waals surface area contributed by atoms with Crippen LogP contribution in [0.2, 0.25) is 0 Å². The van der Waals surface area contributed by atoms with Gasteiger partial charge in [0, 0.05) is 43.5 Å². The number of amides is 1. The zero-order chi connectivity index (χ0) is 19.5. The van der Waals surface area contributed by atoms with Crippen molar-refractivity contribution in [1.82, 2.24) is 10.2 Å². The molecule has 1 aliphatic heterocycles. The molecule has 1 fully saturated rings. The van der Waals surface area contributed by atoms with Crippen LogP contribution < -0.4 is 10.2 Å². The summed E-state index contributed by atoms with van der Waals surface area (Å²) in [5, 5.41) is 12.1. The van der Waals surface area contributed by atoms with Crippen LogP contribution in [0.15, 0.2) is 42.5 Å². The third kappa shape index (κ3) is 3.88. The number of hydrogen-bond acceptors (Lipinski definition) is 4. The quantitative estimate of drug-likeness (QED) is 0.897. The molecule has 28 heavy (non-hydrogen) atoms. The Kier molecular flexibility index (Phi) is 5.31. The molecule has 1 unspecified atom stereocenters. The lowest BCUT2D eigenvalue weighted by atomic mass is 9.86. The van der Waals surface area contributed by atoms with Gasteiger partial charge in [0.15, 0.2) is 0 Å². The molecule has 4 rings (SSSR count). The van der Waals surface area contributed by atoms with Gasteiger partial charge in [-0.1, -0.05) is 12.1 Å². The predicted molar refractivity (Wildman–Crippen MR) is 111 cm³/mol. The third-order valence-corrected chi connectivity index (χ3v) is 5.92. The number of nitrogens with one attached hydrogen (secondary N) is 1. The van der Waals surface area contributed by atoms with Crippen molar-refractivity contribution in [2.24, 2.45) is 0 Å². The van der Waals surface area contributed by atoms with E-state index < -0.39 is 0 Å². The molecule has 2 aliphatic rings. The maximum Gasteiger partial charge on any atom is 0.251 e. The number of nitrogens with zero attached hydrogens (tertiary/aromatic N) is 3. The van der Waals surface area contributed by atoms with E-state index in [1.807, 2.05) is 0 Å². The van der Waals surface area contributed by atoms with Crippen LogP contribution in [-0.4, -0.2) is 50.1 Å². The predicted octanol–water partition coefficient (Wildman–Crippen LogP) is 2.60. The van der Waals surface area contributed by atoms with Crippen molar-refractivity contribution in [1.29, 1.82) is 5.26 Å². The number of anilines is 1. The number of piperazine rings is 1. The second kappa shape index (κ2) is 8.04. The first kappa shape index (κ1) is 18.5. The lowest BCUT2D eigenvalue weighted by molar-refractivity contribution is 0.0933. The average molecular weight is 374 g/mol. The van der Waals surface area contributed by atoms with Gasteiger partial charge in [-0.3, -0.25) is 4.79 Å². The SMILES string of the molecule is CN1CCN(c2cccc3c2CC(NC(=O)c2ccc(C#N)cc2)CC3)CC1. The van der Waals surface area contributed by atoms with Crippen LogP contribution in [0.25, 0.3) is 0 Å². The lowest BCUT2D eigenvalue weighted by Gasteiger charge is -2.37. The van der Waals surface area contributed by atoms with Crippen molar-refractivity contribution in [3.63, 3.8) is 0 Å². The Bertz CT molecular complexity index is 892. The van der Waals surface area contributed by atoms with Gasteiger partial charge in [-0.15, -0.1) is 0 Å². The van der Waals surface area contributed by atoms with Gasteiger partial charge in [0.05, 0.1) is 11.6 Å². The van der Waals surface area contributed by atoms with Gasteiger partial charge < -0.3 is 15.1 Å². The highest BCUT2D eigenvalue weighted by atomic mass is 16.1. The van der Waals surface area contributed by atoms with E-state index in [-0.39, 0.29) is 11.9 Å². The second-order valence-electron chi connectivity index (χ2n) is 7.81. The van der Waals surface area contributed by atoms with Gasteiger partial charge in [0.2, 0.25) is 0 Å². The molecule has 0 saturated carbocycles. The standard InChI is InChI=1S/C23H26N4O/c1-26-11-13-27(14-12-26)22-4-2-3-18-9-10-20(15-21(18)22)25-23(28)19-7-5-17(16-24)6-8-19/h2-8,20H,9-15H2,1H3,(H,25,28). The maximum atomic E-state index is 12.6. The summed E-state index contributed by atoms with van der Waals surface area (Å²) < 4.78 is 0. The van der Waals surface area contributed by atoms with Crippen LogP contribution in [0, 0.1) is 11.3 Å². The zero-order valence-electron chi connectivity index (χ0n) is 16.3. The molecule has 5 heteroatoms. The molecule has 1 aliphatic carbocycles. The summed E-state index contributed by atoms with van der Waals surface area (Å²) in [6, 6.07) is 15.7. The monoisotopic (exact) mass is 374 g/mol. The fraction of sp³-hybridized carbons (Fsp3) is 0.391. The molecule has 2 aromatic rings. The van der Waals surface area contributed by atoms with Crippen molar-refractivity contribution < 1.29 is 4.79 Å². The number of aryl methyl sites for hydroxylation is 1. The fourth-order valence-electron chi connectivity index (χ4n) is 4.20. The highest BCUT2D eigenvalue weighted by molar-refractivity contribution is 5.94. The van der Waals surface area contributed by atoms with Crippen molar-refractivity contribution in [2.75, 3.05) is 38.1 Å². The molecule has 0 aromatic heterocycles. The average Bonchev–Trinajstić information content (AvgIpc) is 2.74. The van der Waals surface area contributed by atoms with Crippen LogP contribution in [0.5, 0.6) is 0 Å². The molecular weight excluding hydrogens is 348 g/mol. The number of benzene rings is 2. The molecule has 5 nitrogen and oxygen atoms in total. The summed E-state index contributed by atoms with van der Waals surface area (Å²) in [6.07, 6.45) is 2.83. The van der Waals surface area contributed by atoms with Gasteiger partial charge in [-0.25, -0.2) is 0 Å². The summed E-state index contributed by atoms with van der Waals surface area (Å²) in [5.74, 6) is -0.0602. The fourth-order valence-corrected chi connectivity index (χ4v) is 4.20. The Morgan fingerprint density at radius 3 is 2.57 bits per heavy atom. The van der Waals surface area contributed by atoms with Crippen LogP contribution in [0.3, 0.4) is 0 Å². The molecule has 1 heterocycles. The minimum atomic E-state index is -0.0602. The molecule has 1 N–H and O–H groups in total. The first-order chi connectivity index (χ1) is 13.6. The number of rotatable bonds is 3. The summed E-state index contributed by atoms with van der Waals surface area (Å²) in [5.41, 5.74) is 5.32. The highest BCUT2D eigenvalue weighted by Crippen LogP contribution is 2.31. The summed E-state index contributed by atoms with van der Waals surface area (Å²) in [7, 11) is 2.17. The number of carbonyl (C=O) groups excluding carboxylic acids is 1. The topological polar surface area (TPSA) is 59.4 Å². The Balaban J connectivity index is 1.48. The van der Waals surface area contributed by atoms with Gasteiger partial charge in [-0.05, 0) is 67.8 Å². The third-order valence-electron chi connectivity index (χ3n) is 5.92. The van der Waals surface area contributed by atoms with E-state index in [4.69, 9.17) is 5.26 Å². The lowest BCUT2D eigenvalue weighted by Crippen LogP contribution is -2.45. The molecule has 2 aromatic carbocycles. The Morgan fingerprint density at radius 1 is 1.11 bits per heavy atom. The van der Waals surface area contributed by atoms with Crippen LogP contribution in [0.1, 0.15) is 33.5 Å². The van der Waals surface area contributed by atoms with Crippen molar-refractivity contribution in [2.45, 2.75) is 25.3 Å². The van der Waals surface area contributed by atoms with Crippen molar-refractivity contribution in [3.8, 4) is 6.07 Å². The highest BCUT2D eigenvalue weighted by Gasteiger charge is 2.25. The van der Waals surface area contributed by atoms with E-state index in [1.165, 1.54) is 16.8 Å². The van der Waals surface area contributed by atoms with Crippen LogP contribution >= 0.6 is 0 Å². The minimum Gasteiger partial charge on any atom is -0.369 e. The molecular formula is C23H26N4O. The molecule has 144 valence electrons. The molecule has 0 bridgehead atoms. The van der Waals surface area contributed by atoms with Crippen LogP contribution in [-0.2, 0) is 12.8 Å². The smallest absolute Gasteiger partial charge is 0.251 e. The number of carbonyl (C=O) groups is 1. The normalized spacial score (nSPS) is 19.6. The van der Waals surface area contributed by atoms with E-state index in [2.05, 4.69) is 46.4 Å². The zero-order valence-corrected chi connectivity index (χ0v) is 16.3. The minimum absolute atomic E-state index is 0.0602. The number of nitriles is 1. The summed E-state index contributed by atoms with van der Waals surface area (Å²) in [6.45, 7) is 4.27. The largest absolute Gasteiger partial charge is 0.369 e. The first-order valence-corrected chi connectivity index (χ1v) is 9.99. The molecule has 1 saturated heterocycles. The summed E-state index contributed by atoms with van der Waals surface area (Å²) in [4.78, 5) is 17.5. The molecule has 1 amide bonds. The number of likely N-dealkylation sites (N-methyl/N-ethyl adjacent to an activating group) is 1. The van der Waals surface area contributed by atoms with Gasteiger partial charge in [0.25, 0.3) is 5.91 Å². The molecule has 1 atom stereocenters.